The van der Waals surface area contributed by atoms with Crippen molar-refractivity contribution < 1.29 is 18.4 Å². The van der Waals surface area contributed by atoms with Gasteiger partial charge in [0.1, 0.15) is 11.6 Å². The molecule has 0 radical (unpaired) electrons. The Labute approximate surface area is 189 Å². The van der Waals surface area contributed by atoms with Gasteiger partial charge in [-0.3, -0.25) is 0 Å². The summed E-state index contributed by atoms with van der Waals surface area (Å²) in [4.78, 5) is 26.3. The highest BCUT2D eigenvalue weighted by atomic mass is 35.5. The third kappa shape index (κ3) is 3.75. The van der Waals surface area contributed by atoms with Gasteiger partial charge >= 0.3 is 6.09 Å². The maximum atomic E-state index is 14.6. The Bertz CT molecular complexity index is 1160. The zero-order valence-electron chi connectivity index (χ0n) is 18.2. The number of nitrogens with zero attached hydrogens (tertiary/aromatic N) is 5. The molecule has 1 amide bonds. The van der Waals surface area contributed by atoms with Gasteiger partial charge < -0.3 is 14.6 Å². The molecule has 0 bridgehead atoms. The zero-order chi connectivity index (χ0) is 23.3. The van der Waals surface area contributed by atoms with Gasteiger partial charge in [0.15, 0.2) is 11.6 Å². The molecule has 0 spiro atoms. The highest BCUT2D eigenvalue weighted by Gasteiger charge is 2.56. The molecule has 2 aromatic heterocycles. The van der Waals surface area contributed by atoms with Crippen LogP contribution in [0.3, 0.4) is 0 Å². The number of anilines is 2. The van der Waals surface area contributed by atoms with Crippen LogP contribution in [0.15, 0.2) is 35.0 Å². The van der Waals surface area contributed by atoms with Crippen molar-refractivity contribution in [3.63, 3.8) is 0 Å². The molecule has 11 heteroatoms. The van der Waals surface area contributed by atoms with Crippen LogP contribution in [0.4, 0.5) is 21.0 Å². The lowest BCUT2D eigenvalue weighted by Gasteiger charge is -2.36. The van der Waals surface area contributed by atoms with E-state index in [0.717, 1.165) is 11.8 Å². The molecule has 4 rings (SSSR count). The van der Waals surface area contributed by atoms with Gasteiger partial charge in [0, 0.05) is 10.6 Å². The van der Waals surface area contributed by atoms with E-state index in [4.69, 9.17) is 20.9 Å². The molecule has 1 aliphatic rings. The number of benzene rings is 1. The summed E-state index contributed by atoms with van der Waals surface area (Å²) in [5.74, 6) is -0.147. The van der Waals surface area contributed by atoms with Gasteiger partial charge in [-0.15, -0.1) is 0 Å². The number of nitrogens with one attached hydrogen (secondary N) is 1. The largest absolute Gasteiger partial charge is 0.441 e. The number of carbonyl (C=O) groups excluding carboxylic acids is 1. The minimum atomic E-state index is -0.845. The predicted octanol–water partition coefficient (Wildman–Crippen LogP) is 5.01. The first-order valence-corrected chi connectivity index (χ1v) is 10.3. The molecule has 1 atom stereocenters. The number of amides is 1. The van der Waals surface area contributed by atoms with Gasteiger partial charge in [0.25, 0.3) is 0 Å². The van der Waals surface area contributed by atoms with Crippen LogP contribution in [-0.4, -0.2) is 37.3 Å². The fourth-order valence-electron chi connectivity index (χ4n) is 3.20. The Balaban J connectivity index is 1.57. The first-order valence-electron chi connectivity index (χ1n) is 9.91. The van der Waals surface area contributed by atoms with Crippen molar-refractivity contribution in [3.8, 4) is 11.4 Å². The van der Waals surface area contributed by atoms with Crippen LogP contribution in [0.5, 0.6) is 0 Å². The van der Waals surface area contributed by atoms with E-state index in [-0.39, 0.29) is 17.7 Å². The van der Waals surface area contributed by atoms with E-state index in [1.807, 2.05) is 0 Å². The van der Waals surface area contributed by atoms with E-state index >= 15 is 0 Å². The van der Waals surface area contributed by atoms with E-state index in [1.54, 1.807) is 58.9 Å². The molecular weight excluding hydrogens is 439 g/mol. The molecule has 1 aliphatic heterocycles. The van der Waals surface area contributed by atoms with Gasteiger partial charge in [0.2, 0.25) is 17.7 Å². The normalized spacial score (nSPS) is 17.8. The summed E-state index contributed by atoms with van der Waals surface area (Å²) in [5.41, 5.74) is -0.943. The lowest BCUT2D eigenvalue weighted by molar-refractivity contribution is 0.0458. The third-order valence-corrected chi connectivity index (χ3v) is 6.01. The van der Waals surface area contributed by atoms with Crippen LogP contribution in [-0.2, 0) is 4.74 Å². The number of cyclic esters (lactones) is 1. The van der Waals surface area contributed by atoms with Crippen molar-refractivity contribution in [2.75, 3.05) is 10.2 Å². The second kappa shape index (κ2) is 7.70. The Kier molecular flexibility index (Phi) is 5.28. The Hall–Kier alpha value is -3.27. The zero-order valence-corrected chi connectivity index (χ0v) is 18.9. The number of hydrogen-bond donors (Lipinski definition) is 1. The van der Waals surface area contributed by atoms with Crippen LogP contribution < -0.4 is 10.2 Å². The molecule has 1 fully saturated rings. The summed E-state index contributed by atoms with van der Waals surface area (Å²) in [6.07, 6.45) is 0.319. The molecule has 1 saturated heterocycles. The highest BCUT2D eigenvalue weighted by Crippen LogP contribution is 2.42. The molecule has 0 aliphatic carbocycles. The number of halogens is 2. The number of hydrogen-bond acceptors (Lipinski definition) is 8. The molecule has 1 N–H and O–H groups in total. The first kappa shape index (κ1) is 21.9. The monoisotopic (exact) mass is 460 g/mol. The fraction of sp³-hybridized carbons (Fsp3) is 0.381. The maximum Gasteiger partial charge on any atom is 0.416 e. The van der Waals surface area contributed by atoms with Crippen LogP contribution in [0.1, 0.15) is 46.6 Å². The summed E-state index contributed by atoms with van der Waals surface area (Å²) in [5, 5.41) is 7.58. The number of carbonyl (C=O) groups is 1. The highest BCUT2D eigenvalue weighted by molar-refractivity contribution is 6.30. The minimum absolute atomic E-state index is 0.0912. The van der Waals surface area contributed by atoms with Gasteiger partial charge in [-0.2, -0.15) is 9.97 Å². The summed E-state index contributed by atoms with van der Waals surface area (Å²) in [6.45, 7) is 8.86. The molecule has 32 heavy (non-hydrogen) atoms. The fourth-order valence-corrected chi connectivity index (χ4v) is 3.33. The topological polar surface area (TPSA) is 106 Å². The molecule has 1 aromatic carbocycles. The molecule has 0 saturated carbocycles. The summed E-state index contributed by atoms with van der Waals surface area (Å²) in [6, 6.07) is 6.53. The molecule has 168 valence electrons. The molecular formula is C21H22ClFN6O3. The Morgan fingerprint density at radius 3 is 2.47 bits per heavy atom. The number of aromatic nitrogens is 4. The van der Waals surface area contributed by atoms with Crippen LogP contribution in [0.2, 0.25) is 5.02 Å². The van der Waals surface area contributed by atoms with Gasteiger partial charge in [0.05, 0.1) is 11.7 Å². The maximum absolute atomic E-state index is 14.6. The smallest absolute Gasteiger partial charge is 0.416 e. The van der Waals surface area contributed by atoms with Crippen LogP contribution in [0.25, 0.3) is 11.4 Å². The third-order valence-electron chi connectivity index (χ3n) is 5.76. The first-order chi connectivity index (χ1) is 15.0. The minimum Gasteiger partial charge on any atom is -0.441 e. The molecule has 3 aromatic rings. The molecule has 9 nitrogen and oxygen atoms in total. The van der Waals surface area contributed by atoms with E-state index in [0.29, 0.717) is 10.8 Å². The number of rotatable bonds is 5. The van der Waals surface area contributed by atoms with Gasteiger partial charge in [-0.1, -0.05) is 16.8 Å². The van der Waals surface area contributed by atoms with E-state index in [1.165, 1.54) is 4.90 Å². The van der Waals surface area contributed by atoms with E-state index in [9.17, 15) is 9.18 Å². The van der Waals surface area contributed by atoms with Crippen molar-refractivity contribution in [3.05, 3.63) is 47.2 Å². The average molecular weight is 461 g/mol. The Morgan fingerprint density at radius 2 is 1.84 bits per heavy atom. The second-order valence-electron chi connectivity index (χ2n) is 8.47. The molecule has 3 heterocycles. The van der Waals surface area contributed by atoms with E-state index in [2.05, 4.69) is 25.4 Å². The summed E-state index contributed by atoms with van der Waals surface area (Å²) < 4.78 is 25.4. The average Bonchev–Trinajstić information content (AvgIpc) is 3.26. The van der Waals surface area contributed by atoms with Crippen molar-refractivity contribution in [1.29, 1.82) is 0 Å². The molecule has 0 unspecified atom stereocenters. The SMILES string of the molecule is C[C@H](Nc1ncc(F)c(N2C(=O)OC(C)(C)C2(C)C)n1)c1nc(-c2ccc(Cl)cc2)no1. The lowest BCUT2D eigenvalue weighted by atomic mass is 9.85. The van der Waals surface area contributed by atoms with E-state index < -0.39 is 29.1 Å². The van der Waals surface area contributed by atoms with Crippen molar-refractivity contribution in [2.45, 2.75) is 51.8 Å². The quantitative estimate of drug-likeness (QED) is 0.566. The summed E-state index contributed by atoms with van der Waals surface area (Å²) >= 11 is 5.91. The Morgan fingerprint density at radius 1 is 1.16 bits per heavy atom. The van der Waals surface area contributed by atoms with Crippen LogP contribution in [0, 0.1) is 5.82 Å². The van der Waals surface area contributed by atoms with Crippen molar-refractivity contribution >= 4 is 29.5 Å². The summed E-state index contributed by atoms with van der Waals surface area (Å²) in [7, 11) is 0. The second-order valence-corrected chi connectivity index (χ2v) is 8.90. The standard InChI is InChI=1S/C21H22ClFN6O3/c1-11(17-26-15(28-32-17)12-6-8-13(22)9-7-12)25-18-24-10-14(23)16(27-18)29-19(30)31-21(4,5)20(29,2)3/h6-11H,1-5H3,(H,24,25,27)/t11-/m0/s1. The van der Waals surface area contributed by atoms with Gasteiger partial charge in [-0.05, 0) is 58.9 Å². The van der Waals surface area contributed by atoms with Crippen LogP contribution >= 0.6 is 11.6 Å². The van der Waals surface area contributed by atoms with Gasteiger partial charge in [-0.25, -0.2) is 19.1 Å². The lowest BCUT2D eigenvalue weighted by Crippen LogP contribution is -2.51. The van der Waals surface area contributed by atoms with Crippen molar-refractivity contribution in [1.82, 2.24) is 20.1 Å². The number of ether oxygens (including phenoxy) is 1. The van der Waals surface area contributed by atoms with Crippen molar-refractivity contribution in [2.24, 2.45) is 0 Å². The predicted molar refractivity (Wildman–Crippen MR) is 116 cm³/mol.